The molecular formula is C15H23BrN2O. The number of phenolic OH excluding ortho intramolecular Hbond substituents is 1. The Morgan fingerprint density at radius 1 is 1.32 bits per heavy atom. The van der Waals surface area contributed by atoms with Crippen molar-refractivity contribution in [1.29, 1.82) is 0 Å². The molecule has 0 aromatic heterocycles. The van der Waals surface area contributed by atoms with Crippen molar-refractivity contribution in [3.8, 4) is 5.75 Å². The SMILES string of the molecule is CN(C)C1(CNCc2ccc(O)c(Br)c2)CCCC1. The third-order valence-corrected chi connectivity index (χ3v) is 4.91. The van der Waals surface area contributed by atoms with Crippen molar-refractivity contribution in [3.05, 3.63) is 28.2 Å². The van der Waals surface area contributed by atoms with Crippen molar-refractivity contribution in [1.82, 2.24) is 10.2 Å². The Labute approximate surface area is 124 Å². The molecule has 0 bridgehead atoms. The lowest BCUT2D eigenvalue weighted by atomic mass is 9.96. The molecule has 1 aliphatic rings. The molecule has 3 nitrogen and oxygen atoms in total. The molecule has 1 aliphatic carbocycles. The van der Waals surface area contributed by atoms with Gasteiger partial charge in [0.05, 0.1) is 4.47 Å². The van der Waals surface area contributed by atoms with Crippen molar-refractivity contribution in [3.63, 3.8) is 0 Å². The van der Waals surface area contributed by atoms with Gasteiger partial charge in [0, 0.05) is 18.6 Å². The molecule has 1 aromatic carbocycles. The summed E-state index contributed by atoms with van der Waals surface area (Å²) in [7, 11) is 4.37. The molecule has 0 aliphatic heterocycles. The van der Waals surface area contributed by atoms with E-state index in [0.29, 0.717) is 11.3 Å². The van der Waals surface area contributed by atoms with Crippen LogP contribution in [-0.4, -0.2) is 36.2 Å². The molecule has 2 rings (SSSR count). The average molecular weight is 327 g/mol. The van der Waals surface area contributed by atoms with Gasteiger partial charge in [-0.3, -0.25) is 0 Å². The van der Waals surface area contributed by atoms with E-state index in [9.17, 15) is 5.11 Å². The first kappa shape index (κ1) is 14.8. The summed E-state index contributed by atoms with van der Waals surface area (Å²) in [5.41, 5.74) is 1.52. The lowest BCUT2D eigenvalue weighted by Gasteiger charge is -2.36. The van der Waals surface area contributed by atoms with E-state index in [1.165, 1.54) is 31.2 Å². The molecule has 1 aromatic rings. The Bertz CT molecular complexity index is 428. The van der Waals surface area contributed by atoms with Gasteiger partial charge in [-0.05, 0) is 60.6 Å². The monoisotopic (exact) mass is 326 g/mol. The Morgan fingerprint density at radius 3 is 2.58 bits per heavy atom. The summed E-state index contributed by atoms with van der Waals surface area (Å²) in [6.45, 7) is 1.87. The third kappa shape index (κ3) is 3.50. The minimum absolute atomic E-state index is 0.296. The molecule has 2 N–H and O–H groups in total. The first-order chi connectivity index (χ1) is 9.03. The van der Waals surface area contributed by atoms with Crippen LogP contribution in [-0.2, 0) is 6.54 Å². The molecular weight excluding hydrogens is 304 g/mol. The fraction of sp³-hybridized carbons (Fsp3) is 0.600. The zero-order chi connectivity index (χ0) is 13.9. The second-order valence-corrected chi connectivity index (χ2v) is 6.57. The van der Waals surface area contributed by atoms with Crippen LogP contribution in [0.3, 0.4) is 0 Å². The van der Waals surface area contributed by atoms with Gasteiger partial charge in [0.2, 0.25) is 0 Å². The van der Waals surface area contributed by atoms with Gasteiger partial charge >= 0.3 is 0 Å². The standard InChI is InChI=1S/C15H23BrN2O/c1-18(2)15(7-3-4-8-15)11-17-10-12-5-6-14(19)13(16)9-12/h5-6,9,17,19H,3-4,7-8,10-11H2,1-2H3. The second-order valence-electron chi connectivity index (χ2n) is 5.72. The molecule has 106 valence electrons. The highest BCUT2D eigenvalue weighted by atomic mass is 79.9. The number of nitrogens with one attached hydrogen (secondary N) is 1. The predicted molar refractivity (Wildman–Crippen MR) is 82.4 cm³/mol. The van der Waals surface area contributed by atoms with Crippen molar-refractivity contribution >= 4 is 15.9 Å². The molecule has 1 saturated carbocycles. The number of likely N-dealkylation sites (N-methyl/N-ethyl adjacent to an activating group) is 1. The quantitative estimate of drug-likeness (QED) is 0.872. The lowest BCUT2D eigenvalue weighted by Crippen LogP contribution is -2.49. The van der Waals surface area contributed by atoms with Gasteiger partial charge in [-0.15, -0.1) is 0 Å². The fourth-order valence-electron chi connectivity index (χ4n) is 2.92. The van der Waals surface area contributed by atoms with Crippen molar-refractivity contribution in [2.75, 3.05) is 20.6 Å². The highest BCUT2D eigenvalue weighted by molar-refractivity contribution is 9.10. The molecule has 0 radical (unpaired) electrons. The normalized spacial score (nSPS) is 18.1. The average Bonchev–Trinajstić information content (AvgIpc) is 2.84. The molecule has 0 heterocycles. The maximum Gasteiger partial charge on any atom is 0.129 e. The van der Waals surface area contributed by atoms with Crippen LogP contribution in [0.4, 0.5) is 0 Å². The van der Waals surface area contributed by atoms with Gasteiger partial charge < -0.3 is 15.3 Å². The van der Waals surface area contributed by atoms with Gasteiger partial charge in [0.1, 0.15) is 5.75 Å². The minimum atomic E-state index is 0.296. The van der Waals surface area contributed by atoms with E-state index in [1.807, 2.05) is 12.1 Å². The molecule has 0 unspecified atom stereocenters. The van der Waals surface area contributed by atoms with E-state index in [4.69, 9.17) is 0 Å². The molecule has 1 fully saturated rings. The van der Waals surface area contributed by atoms with E-state index < -0.39 is 0 Å². The number of nitrogens with zero attached hydrogens (tertiary/aromatic N) is 1. The highest BCUT2D eigenvalue weighted by Gasteiger charge is 2.35. The van der Waals surface area contributed by atoms with Crippen LogP contribution in [0.2, 0.25) is 0 Å². The van der Waals surface area contributed by atoms with E-state index in [1.54, 1.807) is 6.07 Å². The van der Waals surface area contributed by atoms with E-state index >= 15 is 0 Å². The highest BCUT2D eigenvalue weighted by Crippen LogP contribution is 2.33. The Balaban J connectivity index is 1.90. The van der Waals surface area contributed by atoms with E-state index in [0.717, 1.165) is 17.6 Å². The lowest BCUT2D eigenvalue weighted by molar-refractivity contribution is 0.153. The summed E-state index contributed by atoms with van der Waals surface area (Å²) in [5.74, 6) is 0.296. The van der Waals surface area contributed by atoms with Gasteiger partial charge in [0.25, 0.3) is 0 Å². The van der Waals surface area contributed by atoms with Crippen LogP contribution in [0.15, 0.2) is 22.7 Å². The largest absolute Gasteiger partial charge is 0.507 e. The predicted octanol–water partition coefficient (Wildman–Crippen LogP) is 3.12. The fourth-order valence-corrected chi connectivity index (χ4v) is 3.34. The Hall–Kier alpha value is -0.580. The van der Waals surface area contributed by atoms with Crippen LogP contribution < -0.4 is 5.32 Å². The Morgan fingerprint density at radius 2 is 2.00 bits per heavy atom. The molecule has 0 spiro atoms. The number of rotatable bonds is 5. The number of hydrogen-bond donors (Lipinski definition) is 2. The Kier molecular flexibility index (Phi) is 4.87. The molecule has 0 amide bonds. The maximum atomic E-state index is 9.48. The van der Waals surface area contributed by atoms with E-state index in [-0.39, 0.29) is 0 Å². The minimum Gasteiger partial charge on any atom is -0.507 e. The number of benzene rings is 1. The van der Waals surface area contributed by atoms with Gasteiger partial charge in [-0.25, -0.2) is 0 Å². The number of halogens is 1. The van der Waals surface area contributed by atoms with Crippen molar-refractivity contribution < 1.29 is 5.11 Å². The summed E-state index contributed by atoms with van der Waals surface area (Å²) in [5, 5.41) is 13.0. The summed E-state index contributed by atoms with van der Waals surface area (Å²) >= 11 is 3.35. The topological polar surface area (TPSA) is 35.5 Å². The van der Waals surface area contributed by atoms with Crippen LogP contribution in [0, 0.1) is 0 Å². The zero-order valence-corrected chi connectivity index (χ0v) is 13.3. The first-order valence-corrected chi connectivity index (χ1v) is 7.68. The maximum absolute atomic E-state index is 9.48. The number of hydrogen-bond acceptors (Lipinski definition) is 3. The molecule has 0 saturated heterocycles. The molecule has 4 heteroatoms. The number of phenols is 1. The van der Waals surface area contributed by atoms with Crippen LogP contribution in [0.5, 0.6) is 5.75 Å². The molecule has 0 atom stereocenters. The van der Waals surface area contributed by atoms with Gasteiger partial charge in [-0.2, -0.15) is 0 Å². The second kappa shape index (κ2) is 6.25. The van der Waals surface area contributed by atoms with Gasteiger partial charge in [0.15, 0.2) is 0 Å². The summed E-state index contributed by atoms with van der Waals surface area (Å²) in [4.78, 5) is 2.37. The molecule has 19 heavy (non-hydrogen) atoms. The van der Waals surface area contributed by atoms with Crippen LogP contribution in [0.1, 0.15) is 31.2 Å². The van der Waals surface area contributed by atoms with Crippen molar-refractivity contribution in [2.45, 2.75) is 37.8 Å². The van der Waals surface area contributed by atoms with Crippen LogP contribution in [0.25, 0.3) is 0 Å². The summed E-state index contributed by atoms with van der Waals surface area (Å²) in [6.07, 6.45) is 5.24. The van der Waals surface area contributed by atoms with Crippen LogP contribution >= 0.6 is 15.9 Å². The number of aromatic hydroxyl groups is 1. The summed E-state index contributed by atoms with van der Waals surface area (Å²) in [6, 6.07) is 5.67. The zero-order valence-electron chi connectivity index (χ0n) is 11.7. The third-order valence-electron chi connectivity index (χ3n) is 4.28. The van der Waals surface area contributed by atoms with Gasteiger partial charge in [-0.1, -0.05) is 18.9 Å². The summed E-state index contributed by atoms with van der Waals surface area (Å²) < 4.78 is 0.759. The smallest absolute Gasteiger partial charge is 0.129 e. The van der Waals surface area contributed by atoms with Crippen molar-refractivity contribution in [2.24, 2.45) is 0 Å². The first-order valence-electron chi connectivity index (χ1n) is 6.89. The van der Waals surface area contributed by atoms with E-state index in [2.05, 4.69) is 40.2 Å².